The van der Waals surface area contributed by atoms with Crippen molar-refractivity contribution >= 4 is 0 Å². The quantitative estimate of drug-likeness (QED) is 0.545. The zero-order chi connectivity index (χ0) is 8.10. The van der Waals surface area contributed by atoms with E-state index in [9.17, 15) is 0 Å². The van der Waals surface area contributed by atoms with Crippen molar-refractivity contribution in [1.29, 1.82) is 0 Å². The van der Waals surface area contributed by atoms with Crippen LogP contribution in [0.2, 0.25) is 0 Å². The first kappa shape index (κ1) is 12.9. The van der Waals surface area contributed by atoms with Gasteiger partial charge in [-0.3, -0.25) is 0 Å². The fraction of sp³-hybridized carbons (Fsp3) is 0.857. The van der Waals surface area contributed by atoms with E-state index >= 15 is 0 Å². The van der Waals surface area contributed by atoms with E-state index < -0.39 is 0 Å². The summed E-state index contributed by atoms with van der Waals surface area (Å²) in [6.45, 7) is 2.46. The summed E-state index contributed by atoms with van der Waals surface area (Å²) < 4.78 is 13.9. The van der Waals surface area contributed by atoms with Crippen LogP contribution in [-0.4, -0.2) is 43.7 Å². The van der Waals surface area contributed by atoms with Crippen molar-refractivity contribution in [3.8, 4) is 0 Å². The van der Waals surface area contributed by atoms with E-state index in [1.807, 2.05) is 0 Å². The molecular formula is C7H13O4Y-. The minimum absolute atomic E-state index is 0. The molecule has 4 nitrogen and oxygen atoms in total. The predicted octanol–water partition coefficient (Wildman–Crippen LogP) is -0.432. The molecule has 0 bridgehead atoms. The molecule has 69 valence electrons. The smallest absolute Gasteiger partial charge is 0.104 e. The summed E-state index contributed by atoms with van der Waals surface area (Å²) in [4.78, 5) is 0. The molecule has 0 aromatic carbocycles. The maximum Gasteiger partial charge on any atom is 0.104 e. The molecule has 2 fully saturated rings. The molecule has 2 atom stereocenters. The van der Waals surface area contributed by atoms with Gasteiger partial charge >= 0.3 is 0 Å². The number of epoxide rings is 2. The van der Waals surface area contributed by atoms with Crippen molar-refractivity contribution < 1.29 is 52.0 Å². The molecule has 1 N–H and O–H groups in total. The third kappa shape index (κ3) is 7.59. The third-order valence-corrected chi connectivity index (χ3v) is 1.31. The van der Waals surface area contributed by atoms with Gasteiger partial charge in [-0.25, -0.2) is 7.11 Å². The molecular weight excluding hydrogens is 237 g/mol. The van der Waals surface area contributed by atoms with Crippen LogP contribution in [-0.2, 0) is 46.9 Å². The van der Waals surface area contributed by atoms with Crippen LogP contribution in [0.15, 0.2) is 0 Å². The molecule has 2 aliphatic rings. The molecule has 0 aromatic heterocycles. The van der Waals surface area contributed by atoms with Gasteiger partial charge in [0.25, 0.3) is 0 Å². The molecule has 0 aromatic rings. The van der Waals surface area contributed by atoms with Crippen molar-refractivity contribution in [2.45, 2.75) is 12.2 Å². The Morgan fingerprint density at radius 1 is 1.33 bits per heavy atom. The Kier molecular flexibility index (Phi) is 7.94. The van der Waals surface area contributed by atoms with Crippen LogP contribution < -0.4 is 0 Å². The molecule has 12 heavy (non-hydrogen) atoms. The van der Waals surface area contributed by atoms with Crippen LogP contribution in [0.3, 0.4) is 0 Å². The molecule has 0 aliphatic carbocycles. The minimum Gasteiger partial charge on any atom is -0.553 e. The number of hydrogen-bond acceptors (Lipinski definition) is 4. The maximum atomic E-state index is 8.08. The molecule has 0 saturated carbocycles. The fourth-order valence-corrected chi connectivity index (χ4v) is 0.469. The molecule has 2 rings (SSSR count). The molecule has 2 heterocycles. The number of aliphatic hydroxyl groups is 1. The third-order valence-electron chi connectivity index (χ3n) is 1.31. The summed E-state index contributed by atoms with van der Waals surface area (Å²) in [5.41, 5.74) is 0. The van der Waals surface area contributed by atoms with Crippen LogP contribution in [0.25, 0.3) is 0 Å². The van der Waals surface area contributed by atoms with Gasteiger partial charge in [-0.15, -0.1) is 0 Å². The van der Waals surface area contributed by atoms with Gasteiger partial charge in [-0.2, -0.15) is 0 Å². The second-order valence-corrected chi connectivity index (χ2v) is 2.46. The Balaban J connectivity index is 0.000000189. The van der Waals surface area contributed by atoms with Crippen molar-refractivity contribution in [2.75, 3.05) is 26.4 Å². The molecule has 2 aliphatic heterocycles. The van der Waals surface area contributed by atoms with Crippen molar-refractivity contribution in [2.24, 2.45) is 0 Å². The van der Waals surface area contributed by atoms with Crippen LogP contribution in [0, 0.1) is 7.11 Å². The van der Waals surface area contributed by atoms with E-state index in [2.05, 4.69) is 16.6 Å². The predicted molar refractivity (Wildman–Crippen MR) is 37.9 cm³/mol. The summed E-state index contributed by atoms with van der Waals surface area (Å²) in [6.07, 6.45) is 0.553. The first-order valence-electron chi connectivity index (χ1n) is 3.58. The van der Waals surface area contributed by atoms with Gasteiger partial charge < -0.3 is 19.3 Å². The molecule has 1 radical (unpaired) electrons. The van der Waals surface area contributed by atoms with Crippen LogP contribution >= 0.6 is 0 Å². The van der Waals surface area contributed by atoms with E-state index in [-0.39, 0.29) is 45.4 Å². The Hall–Kier alpha value is 0.944. The monoisotopic (exact) mass is 250 g/mol. The number of ether oxygens (including phenoxy) is 3. The van der Waals surface area contributed by atoms with Crippen LogP contribution in [0.5, 0.6) is 0 Å². The Labute approximate surface area is 97.4 Å². The Morgan fingerprint density at radius 2 is 1.83 bits per heavy atom. The van der Waals surface area contributed by atoms with E-state index in [1.165, 1.54) is 0 Å². The van der Waals surface area contributed by atoms with Gasteiger partial charge in [0, 0.05) is 39.3 Å². The second kappa shape index (κ2) is 7.36. The van der Waals surface area contributed by atoms with Crippen LogP contribution in [0.4, 0.5) is 0 Å². The van der Waals surface area contributed by atoms with Gasteiger partial charge in [-0.1, -0.05) is 0 Å². The maximum absolute atomic E-state index is 8.08. The van der Waals surface area contributed by atoms with E-state index in [0.29, 0.717) is 12.7 Å². The van der Waals surface area contributed by atoms with E-state index in [1.54, 1.807) is 0 Å². The van der Waals surface area contributed by atoms with Gasteiger partial charge in [0.05, 0.1) is 19.8 Å². The van der Waals surface area contributed by atoms with Crippen molar-refractivity contribution in [3.05, 3.63) is 7.11 Å². The Morgan fingerprint density at radius 3 is 1.92 bits per heavy atom. The molecule has 2 saturated heterocycles. The first-order valence-corrected chi connectivity index (χ1v) is 3.58. The normalized spacial score (nSPS) is 29.5. The first-order chi connectivity index (χ1) is 5.36. The Bertz CT molecular complexity index is 104. The molecule has 5 heteroatoms. The van der Waals surface area contributed by atoms with Gasteiger partial charge in [0.15, 0.2) is 0 Å². The molecule has 2 unspecified atom stereocenters. The largest absolute Gasteiger partial charge is 0.553 e. The SMILES string of the molecule is OCC1CO1.[CH2-]OCC1CO1.[Y]. The standard InChI is InChI=1S/C4H7O2.C3H6O2.Y/c1-5-2-4-3-6-4;4-1-3-2-5-3;/h4H,1-3H2;3-4H,1-2H2;/q-1;;. The fourth-order valence-electron chi connectivity index (χ4n) is 0.469. The summed E-state index contributed by atoms with van der Waals surface area (Å²) >= 11 is 0. The zero-order valence-corrected chi connectivity index (χ0v) is 9.78. The summed E-state index contributed by atoms with van der Waals surface area (Å²) in [5, 5.41) is 8.08. The molecule has 0 amide bonds. The number of aliphatic hydroxyl groups excluding tert-OH is 1. The number of hydrogen-bond donors (Lipinski definition) is 1. The average Bonchev–Trinajstić information content (AvgIpc) is 2.87. The van der Waals surface area contributed by atoms with Gasteiger partial charge in [0.2, 0.25) is 0 Å². The van der Waals surface area contributed by atoms with E-state index in [0.717, 1.165) is 13.2 Å². The average molecular weight is 250 g/mol. The van der Waals surface area contributed by atoms with Gasteiger partial charge in [-0.05, 0) is 0 Å². The summed E-state index contributed by atoms with van der Waals surface area (Å²) in [5.74, 6) is 0. The van der Waals surface area contributed by atoms with Gasteiger partial charge in [0.1, 0.15) is 12.2 Å². The van der Waals surface area contributed by atoms with E-state index in [4.69, 9.17) is 9.84 Å². The number of rotatable bonds is 3. The minimum atomic E-state index is 0. The summed E-state index contributed by atoms with van der Waals surface area (Å²) in [7, 11) is 3.19. The zero-order valence-electron chi connectivity index (χ0n) is 6.94. The van der Waals surface area contributed by atoms with Crippen LogP contribution in [0.1, 0.15) is 0 Å². The second-order valence-electron chi connectivity index (χ2n) is 2.46. The molecule has 0 spiro atoms. The topological polar surface area (TPSA) is 54.5 Å². The van der Waals surface area contributed by atoms with Crippen molar-refractivity contribution in [3.63, 3.8) is 0 Å². The summed E-state index contributed by atoms with van der Waals surface area (Å²) in [6, 6.07) is 0. The van der Waals surface area contributed by atoms with Crippen molar-refractivity contribution in [1.82, 2.24) is 0 Å².